The van der Waals surface area contributed by atoms with E-state index in [9.17, 15) is 14.0 Å². The van der Waals surface area contributed by atoms with Crippen LogP contribution in [-0.4, -0.2) is 71.9 Å². The summed E-state index contributed by atoms with van der Waals surface area (Å²) in [4.78, 5) is 34.5. The van der Waals surface area contributed by atoms with E-state index in [4.69, 9.17) is 0 Å². The number of halogens is 1. The summed E-state index contributed by atoms with van der Waals surface area (Å²) in [6.45, 7) is 12.8. The molecule has 9 heteroatoms. The number of carbonyl (C=O) groups is 2. The summed E-state index contributed by atoms with van der Waals surface area (Å²) in [5.41, 5.74) is 1.83. The van der Waals surface area contributed by atoms with Crippen LogP contribution in [0.5, 0.6) is 0 Å². The van der Waals surface area contributed by atoms with E-state index in [1.54, 1.807) is 19.1 Å². The number of aryl methyl sites for hydroxylation is 1. The Kier molecular flexibility index (Phi) is 9.45. The molecule has 0 aliphatic carbocycles. The van der Waals surface area contributed by atoms with Gasteiger partial charge in [0, 0.05) is 51.6 Å². The van der Waals surface area contributed by atoms with Crippen molar-refractivity contribution >= 4 is 28.3 Å². The molecule has 7 nitrogen and oxygen atoms in total. The highest BCUT2D eigenvalue weighted by atomic mass is 32.1. The highest BCUT2D eigenvalue weighted by molar-refractivity contribution is 7.17. The molecule has 1 aromatic heterocycles. The van der Waals surface area contributed by atoms with E-state index in [1.165, 1.54) is 30.2 Å². The maximum atomic E-state index is 13.3. The number of hydrogen-bond acceptors (Lipinski definition) is 6. The third-order valence-electron chi connectivity index (χ3n) is 7.39. The van der Waals surface area contributed by atoms with E-state index in [1.807, 2.05) is 18.2 Å². The summed E-state index contributed by atoms with van der Waals surface area (Å²) in [5.74, 6) is 0.597. The van der Waals surface area contributed by atoms with Crippen LogP contribution in [0.4, 0.5) is 14.3 Å². The van der Waals surface area contributed by atoms with Crippen molar-refractivity contribution in [1.29, 1.82) is 0 Å². The van der Waals surface area contributed by atoms with Crippen molar-refractivity contribution < 1.29 is 14.0 Å². The first kappa shape index (κ1) is 27.4. The molecule has 0 radical (unpaired) electrons. The van der Waals surface area contributed by atoms with E-state index < -0.39 is 0 Å². The number of likely N-dealkylation sites (tertiary alicyclic amines) is 2. The lowest BCUT2D eigenvalue weighted by Crippen LogP contribution is -2.55. The molecular formula is C28H38FN5O2S. The summed E-state index contributed by atoms with van der Waals surface area (Å²) in [6.07, 6.45) is 6.10. The zero-order valence-electron chi connectivity index (χ0n) is 21.8. The molecule has 2 aliphatic heterocycles. The fraction of sp³-hybridized carbons (Fsp3) is 0.536. The summed E-state index contributed by atoms with van der Waals surface area (Å²) >= 11 is 1.21. The second kappa shape index (κ2) is 12.8. The molecular weight excluding hydrogens is 489 g/mol. The first-order valence-electron chi connectivity index (χ1n) is 13.2. The lowest BCUT2D eigenvalue weighted by Gasteiger charge is -2.42. The Morgan fingerprint density at radius 2 is 1.97 bits per heavy atom. The molecule has 4 rings (SSSR count). The van der Waals surface area contributed by atoms with Crippen molar-refractivity contribution in [2.24, 2.45) is 11.8 Å². The third kappa shape index (κ3) is 7.69. The Bertz CT molecular complexity index is 1090. The fourth-order valence-electron chi connectivity index (χ4n) is 5.68. The average Bonchev–Trinajstić information content (AvgIpc) is 3.22. The van der Waals surface area contributed by atoms with Crippen molar-refractivity contribution in [2.45, 2.75) is 45.6 Å². The molecule has 0 bridgehead atoms. The lowest BCUT2D eigenvalue weighted by atomic mass is 9.88. The van der Waals surface area contributed by atoms with Crippen molar-refractivity contribution in [3.05, 3.63) is 58.9 Å². The number of nitrogens with one attached hydrogen (secondary N) is 2. The maximum Gasteiger partial charge on any atom is 0.321 e. The smallest absolute Gasteiger partial charge is 0.321 e. The number of thiazole rings is 1. The molecule has 2 aromatic rings. The van der Waals surface area contributed by atoms with Crippen molar-refractivity contribution in [3.8, 4) is 0 Å². The summed E-state index contributed by atoms with van der Waals surface area (Å²) in [7, 11) is 0. The topological polar surface area (TPSA) is 77.6 Å². The fourth-order valence-corrected chi connectivity index (χ4v) is 6.53. The van der Waals surface area contributed by atoms with Gasteiger partial charge in [0.05, 0.1) is 10.6 Å². The molecule has 200 valence electrons. The number of carbonyl (C=O) groups excluding carboxylic acids is 2. The number of amides is 2. The minimum absolute atomic E-state index is 0.0441. The van der Waals surface area contributed by atoms with Gasteiger partial charge in [0.2, 0.25) is 0 Å². The van der Waals surface area contributed by atoms with Gasteiger partial charge in [-0.15, -0.1) is 6.58 Å². The Hall–Kier alpha value is -2.62. The van der Waals surface area contributed by atoms with Gasteiger partial charge in [-0.25, -0.2) is 14.2 Å². The molecule has 2 N–H and O–H groups in total. The van der Waals surface area contributed by atoms with Gasteiger partial charge in [0.1, 0.15) is 5.82 Å². The normalized spacial score (nSPS) is 22.9. The molecule has 3 heterocycles. The van der Waals surface area contributed by atoms with E-state index in [2.05, 4.69) is 32.0 Å². The van der Waals surface area contributed by atoms with Crippen LogP contribution in [0, 0.1) is 24.6 Å². The molecule has 0 saturated carbocycles. The largest absolute Gasteiger partial charge is 0.335 e. The molecule has 2 saturated heterocycles. The summed E-state index contributed by atoms with van der Waals surface area (Å²) in [5, 5.41) is 6.49. The molecule has 2 fully saturated rings. The minimum Gasteiger partial charge on any atom is -0.335 e. The Morgan fingerprint density at radius 1 is 1.19 bits per heavy atom. The zero-order valence-corrected chi connectivity index (χ0v) is 22.7. The van der Waals surface area contributed by atoms with Crippen LogP contribution < -0.4 is 10.6 Å². The first-order chi connectivity index (χ1) is 17.8. The van der Waals surface area contributed by atoms with Gasteiger partial charge in [-0.05, 0) is 62.8 Å². The monoisotopic (exact) mass is 527 g/mol. The molecule has 3 atom stereocenters. The number of benzene rings is 1. The highest BCUT2D eigenvalue weighted by Gasteiger charge is 2.33. The van der Waals surface area contributed by atoms with E-state index in [-0.39, 0.29) is 29.6 Å². The molecule has 37 heavy (non-hydrogen) atoms. The predicted octanol–water partition coefficient (Wildman–Crippen LogP) is 4.75. The Morgan fingerprint density at radius 3 is 2.68 bits per heavy atom. The van der Waals surface area contributed by atoms with Crippen LogP contribution in [0.25, 0.3) is 0 Å². The number of rotatable bonds is 9. The van der Waals surface area contributed by atoms with Crippen LogP contribution in [-0.2, 0) is 6.42 Å². The molecule has 2 amide bonds. The van der Waals surface area contributed by atoms with Gasteiger partial charge in [0.15, 0.2) is 10.9 Å². The number of ketones is 1. The van der Waals surface area contributed by atoms with Crippen LogP contribution in [0.3, 0.4) is 0 Å². The Balaban J connectivity index is 1.37. The highest BCUT2D eigenvalue weighted by Crippen LogP contribution is 2.26. The number of Topliss-reactive ketones (excluding diaryl/α,β-unsaturated/α-hetero) is 1. The van der Waals surface area contributed by atoms with Crippen LogP contribution in [0.2, 0.25) is 0 Å². The zero-order chi connectivity index (χ0) is 26.4. The van der Waals surface area contributed by atoms with E-state index in [0.717, 1.165) is 58.5 Å². The number of hydrogen-bond donors (Lipinski definition) is 2. The van der Waals surface area contributed by atoms with Gasteiger partial charge in [0.25, 0.3) is 0 Å². The third-order valence-corrected chi connectivity index (χ3v) is 8.57. The lowest BCUT2D eigenvalue weighted by molar-refractivity contribution is 0.0902. The molecule has 1 unspecified atom stereocenters. The quantitative estimate of drug-likeness (QED) is 0.364. The number of nitrogens with zero attached hydrogens (tertiary/aromatic N) is 3. The number of piperidine rings is 2. The van der Waals surface area contributed by atoms with Gasteiger partial charge >= 0.3 is 6.03 Å². The Labute approximate surface area is 223 Å². The van der Waals surface area contributed by atoms with Gasteiger partial charge in [-0.1, -0.05) is 29.5 Å². The minimum atomic E-state index is -0.274. The van der Waals surface area contributed by atoms with Crippen molar-refractivity contribution in [1.82, 2.24) is 20.1 Å². The molecule has 1 aromatic carbocycles. The average molecular weight is 528 g/mol. The summed E-state index contributed by atoms with van der Waals surface area (Å²) in [6, 6.07) is 6.65. The van der Waals surface area contributed by atoms with Crippen molar-refractivity contribution in [3.63, 3.8) is 0 Å². The van der Waals surface area contributed by atoms with Crippen molar-refractivity contribution in [2.75, 3.05) is 44.6 Å². The van der Waals surface area contributed by atoms with Crippen LogP contribution in [0.15, 0.2) is 36.9 Å². The number of aromatic nitrogens is 1. The van der Waals surface area contributed by atoms with Gasteiger partial charge in [-0.2, -0.15) is 0 Å². The molecule has 0 spiro atoms. The van der Waals surface area contributed by atoms with Gasteiger partial charge in [-0.3, -0.25) is 15.0 Å². The second-order valence-corrected chi connectivity index (χ2v) is 11.4. The van der Waals surface area contributed by atoms with E-state index in [0.29, 0.717) is 21.6 Å². The second-order valence-electron chi connectivity index (χ2n) is 10.4. The predicted molar refractivity (Wildman–Crippen MR) is 147 cm³/mol. The molecule has 2 aliphatic rings. The van der Waals surface area contributed by atoms with Crippen LogP contribution in [0.1, 0.15) is 47.1 Å². The maximum absolute atomic E-state index is 13.3. The summed E-state index contributed by atoms with van der Waals surface area (Å²) < 4.78 is 13.3. The number of anilines is 1. The first-order valence-corrected chi connectivity index (χ1v) is 14.0. The van der Waals surface area contributed by atoms with E-state index >= 15 is 0 Å². The number of urea groups is 1. The van der Waals surface area contributed by atoms with Crippen LogP contribution >= 0.6 is 11.3 Å². The standard InChI is InChI=1S/C28H38FN5O2S/c1-4-12-33-14-11-25(31-27(36)32-28-30-19(2)26(37-28)20(3)35)23(17-33)18-34-13-5-6-22(16-34)15-21-7-9-24(29)10-8-21/h4,7-10,22-23,25H,1,5-6,11-18H2,2-3H3,(H2,30,31,32,36)/t22?,23-,25-/m1/s1. The SMILES string of the molecule is C=CCN1CC[C@@H](NC(=O)Nc2nc(C)c(C(C)=O)s2)[C@@H](CN2CCCC(Cc3ccc(F)cc3)C2)C1. The van der Waals surface area contributed by atoms with Gasteiger partial charge < -0.3 is 10.2 Å².